The summed E-state index contributed by atoms with van der Waals surface area (Å²) in [5, 5.41) is 12.8. The van der Waals surface area contributed by atoms with E-state index >= 15 is 0 Å². The summed E-state index contributed by atoms with van der Waals surface area (Å²) in [7, 11) is 0. The number of amides is 2. The van der Waals surface area contributed by atoms with E-state index < -0.39 is 35.6 Å². The van der Waals surface area contributed by atoms with E-state index in [0.717, 1.165) is 6.07 Å². The summed E-state index contributed by atoms with van der Waals surface area (Å²) < 4.78 is 52.3. The predicted molar refractivity (Wildman–Crippen MR) is 108 cm³/mol. The molecule has 2 aliphatic rings. The smallest absolute Gasteiger partial charge is 0.341 e. The van der Waals surface area contributed by atoms with Crippen LogP contribution >= 0.6 is 0 Å². The van der Waals surface area contributed by atoms with Gasteiger partial charge in [0.2, 0.25) is 5.89 Å². The van der Waals surface area contributed by atoms with Gasteiger partial charge < -0.3 is 14.1 Å². The second kappa shape index (κ2) is 8.19. The number of benzene rings is 1. The topological polar surface area (TPSA) is 97.0 Å². The fourth-order valence-corrected chi connectivity index (χ4v) is 3.64. The van der Waals surface area contributed by atoms with Crippen LogP contribution in [0.25, 0.3) is 11.6 Å². The molecule has 1 atom stereocenters. The van der Waals surface area contributed by atoms with Gasteiger partial charge in [-0.15, -0.1) is 10.2 Å². The van der Waals surface area contributed by atoms with E-state index in [1.807, 2.05) is 0 Å². The van der Waals surface area contributed by atoms with Gasteiger partial charge in [-0.3, -0.25) is 0 Å². The summed E-state index contributed by atoms with van der Waals surface area (Å²) in [6.07, 6.45) is 1.36. The Balaban J connectivity index is 1.23. The minimum absolute atomic E-state index is 0.134. The van der Waals surface area contributed by atoms with Crippen molar-refractivity contribution in [2.24, 2.45) is 5.10 Å². The number of likely N-dealkylation sites (tertiary alicyclic amines) is 1. The number of nitrogens with zero attached hydrogens (tertiary/aromatic N) is 6. The molecule has 1 fully saturated rings. The molecule has 4 heterocycles. The standard InChI is InChI=1S/C21H17F3N6O3/c1-11-27-28-20(32-11)17-3-2-16(24)19(26-17)33-15-9-29(10-15)21(31)30-18(4-5-25-30)12-6-13(22)8-14(23)7-12/h2-3,5-8,15,18H,4,9-10H2,1H3. The SMILES string of the molecule is Cc1nnc(-c2ccc(F)c(OC3CN(C(=O)N4N=CCC4c4cc(F)cc(F)c4)C3)n2)o1. The van der Waals surface area contributed by atoms with Crippen LogP contribution < -0.4 is 4.74 Å². The van der Waals surface area contributed by atoms with Crippen LogP contribution in [0, 0.1) is 24.4 Å². The maximum Gasteiger partial charge on any atom is 0.341 e. The van der Waals surface area contributed by atoms with Crippen LogP contribution in [0.5, 0.6) is 5.88 Å². The number of hydrogen-bond acceptors (Lipinski definition) is 7. The lowest BCUT2D eigenvalue weighted by Gasteiger charge is -2.40. The molecule has 0 N–H and O–H groups in total. The van der Waals surface area contributed by atoms with Crippen LogP contribution in [-0.2, 0) is 0 Å². The second-order valence-electron chi connectivity index (χ2n) is 7.63. The van der Waals surface area contributed by atoms with Gasteiger partial charge in [0.1, 0.15) is 23.4 Å². The molecule has 3 aromatic rings. The first kappa shape index (κ1) is 20.9. The molecule has 9 nitrogen and oxygen atoms in total. The number of carbonyl (C=O) groups is 1. The fraction of sp³-hybridized carbons (Fsp3) is 0.286. The number of aryl methyl sites for hydroxylation is 1. The first-order valence-electron chi connectivity index (χ1n) is 10.1. The minimum atomic E-state index is -0.728. The van der Waals surface area contributed by atoms with Gasteiger partial charge in [0.05, 0.1) is 19.1 Å². The molecular weight excluding hydrogens is 441 g/mol. The van der Waals surface area contributed by atoms with E-state index in [1.165, 1.54) is 40.4 Å². The minimum Gasteiger partial charge on any atom is -0.468 e. The van der Waals surface area contributed by atoms with Gasteiger partial charge in [-0.25, -0.2) is 28.0 Å². The first-order chi connectivity index (χ1) is 15.9. The largest absolute Gasteiger partial charge is 0.468 e. The van der Waals surface area contributed by atoms with Gasteiger partial charge in [-0.2, -0.15) is 5.10 Å². The highest BCUT2D eigenvalue weighted by Crippen LogP contribution is 2.32. The summed E-state index contributed by atoms with van der Waals surface area (Å²) in [6.45, 7) is 1.96. The van der Waals surface area contributed by atoms with Gasteiger partial charge in [0, 0.05) is 25.6 Å². The molecular formula is C21H17F3N6O3. The molecule has 33 heavy (non-hydrogen) atoms. The van der Waals surface area contributed by atoms with Gasteiger partial charge in [-0.05, 0) is 29.8 Å². The van der Waals surface area contributed by atoms with Crippen molar-refractivity contribution in [3.8, 4) is 17.5 Å². The first-order valence-corrected chi connectivity index (χ1v) is 10.1. The number of pyridine rings is 1. The Morgan fingerprint density at radius 1 is 1.12 bits per heavy atom. The van der Waals surface area contributed by atoms with Crippen molar-refractivity contribution in [2.75, 3.05) is 13.1 Å². The molecule has 1 unspecified atom stereocenters. The van der Waals surface area contributed by atoms with Crippen LogP contribution in [0.2, 0.25) is 0 Å². The predicted octanol–water partition coefficient (Wildman–Crippen LogP) is 3.47. The van der Waals surface area contributed by atoms with Gasteiger partial charge >= 0.3 is 6.03 Å². The van der Waals surface area contributed by atoms with Gasteiger partial charge in [0.25, 0.3) is 11.8 Å². The van der Waals surface area contributed by atoms with E-state index in [4.69, 9.17) is 9.15 Å². The molecule has 0 spiro atoms. The number of hydrogen-bond donors (Lipinski definition) is 0. The van der Waals surface area contributed by atoms with Crippen molar-refractivity contribution in [1.29, 1.82) is 0 Å². The molecule has 5 rings (SSSR count). The Labute approximate surface area is 185 Å². The molecule has 0 bridgehead atoms. The highest BCUT2D eigenvalue weighted by atomic mass is 19.1. The maximum atomic E-state index is 14.2. The zero-order valence-electron chi connectivity index (χ0n) is 17.3. The summed E-state index contributed by atoms with van der Waals surface area (Å²) in [4.78, 5) is 18.4. The molecule has 2 aliphatic heterocycles. The Kier molecular flexibility index (Phi) is 5.19. The lowest BCUT2D eigenvalue weighted by Crippen LogP contribution is -2.59. The lowest BCUT2D eigenvalue weighted by atomic mass is 10.0. The number of ether oxygens (including phenoxy) is 1. The van der Waals surface area contributed by atoms with Crippen LogP contribution in [0.1, 0.15) is 23.9 Å². The van der Waals surface area contributed by atoms with E-state index in [1.54, 1.807) is 6.92 Å². The van der Waals surface area contributed by atoms with Gasteiger partial charge in [-0.1, -0.05) is 0 Å². The Hall–Kier alpha value is -3.96. The average molecular weight is 458 g/mol. The number of rotatable bonds is 4. The molecule has 1 saturated heterocycles. The Morgan fingerprint density at radius 2 is 1.88 bits per heavy atom. The van der Waals surface area contributed by atoms with Crippen LogP contribution in [-0.4, -0.2) is 56.5 Å². The molecule has 2 aromatic heterocycles. The lowest BCUT2D eigenvalue weighted by molar-refractivity contribution is 0.0231. The molecule has 2 amide bonds. The zero-order valence-corrected chi connectivity index (χ0v) is 17.3. The number of carbonyl (C=O) groups excluding carboxylic acids is 1. The highest BCUT2D eigenvalue weighted by molar-refractivity contribution is 5.79. The quantitative estimate of drug-likeness (QED) is 0.594. The third kappa shape index (κ3) is 4.11. The van der Waals surface area contributed by atoms with Crippen LogP contribution in [0.3, 0.4) is 0 Å². The monoisotopic (exact) mass is 458 g/mol. The third-order valence-corrected chi connectivity index (χ3v) is 5.25. The van der Waals surface area contributed by atoms with Gasteiger partial charge in [0.15, 0.2) is 5.82 Å². The Morgan fingerprint density at radius 3 is 2.58 bits per heavy atom. The van der Waals surface area contributed by atoms with Crippen molar-refractivity contribution >= 4 is 12.2 Å². The van der Waals surface area contributed by atoms with Crippen molar-refractivity contribution in [1.82, 2.24) is 25.1 Å². The zero-order chi connectivity index (χ0) is 23.1. The summed E-state index contributed by atoms with van der Waals surface area (Å²) in [5.74, 6) is -1.89. The Bertz CT molecular complexity index is 1220. The summed E-state index contributed by atoms with van der Waals surface area (Å²) in [6, 6.07) is 4.64. The van der Waals surface area contributed by atoms with Crippen LogP contribution in [0.4, 0.5) is 18.0 Å². The molecule has 0 radical (unpaired) electrons. The molecule has 12 heteroatoms. The van der Waals surface area contributed by atoms with Crippen molar-refractivity contribution in [3.63, 3.8) is 0 Å². The second-order valence-corrected chi connectivity index (χ2v) is 7.63. The summed E-state index contributed by atoms with van der Waals surface area (Å²) in [5.41, 5.74) is 0.571. The molecule has 0 saturated carbocycles. The molecule has 1 aromatic carbocycles. The van der Waals surface area contributed by atoms with Crippen molar-refractivity contribution in [3.05, 3.63) is 59.2 Å². The summed E-state index contributed by atoms with van der Waals surface area (Å²) >= 11 is 0. The normalized spacial score (nSPS) is 18.0. The van der Waals surface area contributed by atoms with Crippen LogP contribution in [0.15, 0.2) is 39.9 Å². The van der Waals surface area contributed by atoms with E-state index in [2.05, 4.69) is 20.3 Å². The van der Waals surface area contributed by atoms with E-state index in [9.17, 15) is 18.0 Å². The van der Waals surface area contributed by atoms with Crippen molar-refractivity contribution in [2.45, 2.75) is 25.5 Å². The average Bonchev–Trinajstić information content (AvgIpc) is 3.40. The maximum absolute atomic E-state index is 14.2. The fourth-order valence-electron chi connectivity index (χ4n) is 3.64. The van der Waals surface area contributed by atoms with E-state index in [0.29, 0.717) is 17.9 Å². The number of hydrazone groups is 1. The number of urea groups is 1. The highest BCUT2D eigenvalue weighted by Gasteiger charge is 2.39. The number of halogens is 3. The van der Waals surface area contributed by atoms with Crippen molar-refractivity contribution < 1.29 is 27.1 Å². The van der Waals surface area contributed by atoms with E-state index in [-0.39, 0.29) is 30.6 Å². The molecule has 170 valence electrons. The third-order valence-electron chi connectivity index (χ3n) is 5.25. The number of aromatic nitrogens is 3. The molecule has 0 aliphatic carbocycles.